The van der Waals surface area contributed by atoms with E-state index in [9.17, 15) is 19.8 Å². The number of allylic oxidation sites excluding steroid dienone is 3. The van der Waals surface area contributed by atoms with E-state index < -0.39 is 12.1 Å². The Kier molecular flexibility index (Phi) is 56.5. The van der Waals surface area contributed by atoms with Gasteiger partial charge in [0.1, 0.15) is 0 Å². The Balaban J connectivity index is 3.43. The van der Waals surface area contributed by atoms with Gasteiger partial charge in [-0.1, -0.05) is 289 Å². The van der Waals surface area contributed by atoms with Gasteiger partial charge in [-0.15, -0.1) is 0 Å². The van der Waals surface area contributed by atoms with E-state index >= 15 is 0 Å². The van der Waals surface area contributed by atoms with E-state index in [0.717, 1.165) is 44.9 Å². The molecule has 0 radical (unpaired) electrons. The van der Waals surface area contributed by atoms with Gasteiger partial charge in [-0.3, -0.25) is 9.59 Å². The molecule has 2 atom stereocenters. The third kappa shape index (κ3) is 53.7. The molecule has 0 saturated heterocycles. The molecule has 402 valence electrons. The Morgan fingerprint density at radius 3 is 1.04 bits per heavy atom. The SMILES string of the molecule is CCCCCCCCCCCCCC/C=C/C(O)C(CO)NC(=O)CCCCCCCCC/C=C\CCCCCCCCCCCOC(=O)CCCCCCCCCCCCCCCCCCC. The van der Waals surface area contributed by atoms with Gasteiger partial charge < -0.3 is 20.3 Å². The summed E-state index contributed by atoms with van der Waals surface area (Å²) in [6.45, 7) is 4.91. The van der Waals surface area contributed by atoms with Crippen LogP contribution >= 0.6 is 0 Å². The van der Waals surface area contributed by atoms with Crippen LogP contribution in [0.4, 0.5) is 0 Å². The van der Waals surface area contributed by atoms with Crippen LogP contribution < -0.4 is 5.32 Å². The zero-order valence-corrected chi connectivity index (χ0v) is 45.9. The molecule has 0 aliphatic rings. The minimum absolute atomic E-state index is 0.00972. The van der Waals surface area contributed by atoms with Crippen molar-refractivity contribution in [1.82, 2.24) is 5.32 Å². The molecular weight excluding hydrogens is 839 g/mol. The first-order valence-corrected chi connectivity index (χ1v) is 30.6. The molecule has 6 nitrogen and oxygen atoms in total. The van der Waals surface area contributed by atoms with E-state index in [1.165, 1.54) is 263 Å². The van der Waals surface area contributed by atoms with Crippen LogP contribution in [0.15, 0.2) is 24.3 Å². The summed E-state index contributed by atoms with van der Waals surface area (Å²) in [5.74, 6) is -0.0658. The van der Waals surface area contributed by atoms with Gasteiger partial charge in [0.25, 0.3) is 0 Å². The van der Waals surface area contributed by atoms with E-state index in [1.807, 2.05) is 6.08 Å². The molecule has 0 aromatic heterocycles. The van der Waals surface area contributed by atoms with E-state index in [2.05, 4.69) is 31.3 Å². The number of aliphatic hydroxyl groups excluding tert-OH is 2. The van der Waals surface area contributed by atoms with E-state index in [4.69, 9.17) is 4.74 Å². The number of ether oxygens (including phenoxy) is 1. The number of aliphatic hydroxyl groups is 2. The number of hydrogen-bond acceptors (Lipinski definition) is 5. The lowest BCUT2D eigenvalue weighted by Crippen LogP contribution is -2.45. The molecule has 1 amide bonds. The number of nitrogens with one attached hydrogen (secondary N) is 1. The zero-order chi connectivity index (χ0) is 49.3. The van der Waals surface area contributed by atoms with Gasteiger partial charge in [0, 0.05) is 12.8 Å². The van der Waals surface area contributed by atoms with Crippen molar-refractivity contribution in [3.05, 3.63) is 24.3 Å². The highest BCUT2D eigenvalue weighted by atomic mass is 16.5. The monoisotopic (exact) mass is 958 g/mol. The van der Waals surface area contributed by atoms with Gasteiger partial charge in [0.15, 0.2) is 0 Å². The van der Waals surface area contributed by atoms with Crippen molar-refractivity contribution in [3.8, 4) is 0 Å². The maximum Gasteiger partial charge on any atom is 0.305 e. The molecule has 0 saturated carbocycles. The average Bonchev–Trinajstić information content (AvgIpc) is 3.34. The molecule has 0 fully saturated rings. The number of esters is 1. The molecule has 0 aromatic rings. The van der Waals surface area contributed by atoms with Crippen LogP contribution in [0.2, 0.25) is 0 Å². The highest BCUT2D eigenvalue weighted by molar-refractivity contribution is 5.76. The minimum atomic E-state index is -0.849. The second-order valence-electron chi connectivity index (χ2n) is 21.0. The Labute approximate surface area is 424 Å². The van der Waals surface area contributed by atoms with Gasteiger partial charge >= 0.3 is 5.97 Å². The first kappa shape index (κ1) is 66.3. The van der Waals surface area contributed by atoms with Crippen molar-refractivity contribution >= 4 is 11.9 Å². The third-order valence-electron chi connectivity index (χ3n) is 14.2. The van der Waals surface area contributed by atoms with Crippen LogP contribution in [0.25, 0.3) is 0 Å². The number of hydrogen-bond donors (Lipinski definition) is 3. The van der Waals surface area contributed by atoms with Crippen LogP contribution in [-0.4, -0.2) is 47.4 Å². The van der Waals surface area contributed by atoms with Crippen molar-refractivity contribution < 1.29 is 24.5 Å². The quantitative estimate of drug-likeness (QED) is 0.0321. The van der Waals surface area contributed by atoms with Gasteiger partial charge in [-0.25, -0.2) is 0 Å². The van der Waals surface area contributed by atoms with Crippen molar-refractivity contribution in [1.29, 1.82) is 0 Å². The van der Waals surface area contributed by atoms with Crippen molar-refractivity contribution in [2.75, 3.05) is 13.2 Å². The Hall–Kier alpha value is -1.66. The molecule has 0 bridgehead atoms. The number of amides is 1. The van der Waals surface area contributed by atoms with Crippen LogP contribution in [0.5, 0.6) is 0 Å². The van der Waals surface area contributed by atoms with Crippen LogP contribution in [0, 0.1) is 0 Å². The first-order valence-electron chi connectivity index (χ1n) is 30.6. The number of carbonyl (C=O) groups is 2. The summed E-state index contributed by atoms with van der Waals surface area (Å²) in [5, 5.41) is 23.1. The summed E-state index contributed by atoms with van der Waals surface area (Å²) in [5.41, 5.74) is 0. The maximum atomic E-state index is 12.4. The fourth-order valence-electron chi connectivity index (χ4n) is 9.51. The van der Waals surface area contributed by atoms with Crippen molar-refractivity contribution in [2.45, 2.75) is 347 Å². The predicted molar refractivity (Wildman–Crippen MR) is 296 cm³/mol. The number of carbonyl (C=O) groups excluding carboxylic acids is 2. The number of rotatable bonds is 57. The smallest absolute Gasteiger partial charge is 0.305 e. The second-order valence-corrected chi connectivity index (χ2v) is 21.0. The predicted octanol–water partition coefficient (Wildman–Crippen LogP) is 19.0. The average molecular weight is 959 g/mol. The van der Waals surface area contributed by atoms with Crippen LogP contribution in [0.3, 0.4) is 0 Å². The lowest BCUT2D eigenvalue weighted by Gasteiger charge is -2.20. The van der Waals surface area contributed by atoms with Gasteiger partial charge in [0.2, 0.25) is 5.91 Å². The molecule has 3 N–H and O–H groups in total. The summed E-state index contributed by atoms with van der Waals surface area (Å²) in [6.07, 6.45) is 70.7. The summed E-state index contributed by atoms with van der Waals surface area (Å²) < 4.78 is 5.49. The summed E-state index contributed by atoms with van der Waals surface area (Å²) in [7, 11) is 0. The molecule has 0 heterocycles. The molecule has 0 spiro atoms. The standard InChI is InChI=1S/C62H119NO5/c1-3-5-7-9-11-13-15-17-19-24-28-32-36-40-44-48-52-56-62(67)68-57-53-49-45-41-37-33-29-26-23-21-20-22-25-27-31-35-39-43-47-51-55-61(66)63-59(58-64)60(65)54-50-46-42-38-34-30-18-16-14-12-10-8-6-4-2/h20,22,50,54,59-60,64-65H,3-19,21,23-49,51-53,55-58H2,1-2H3,(H,63,66)/b22-20-,54-50+. The molecule has 0 aliphatic heterocycles. The molecule has 0 rings (SSSR count). The Bertz CT molecular complexity index is 1060. The fraction of sp³-hybridized carbons (Fsp3) is 0.903. The fourth-order valence-corrected chi connectivity index (χ4v) is 9.51. The maximum absolute atomic E-state index is 12.4. The molecule has 2 unspecified atom stereocenters. The highest BCUT2D eigenvalue weighted by Crippen LogP contribution is 2.17. The van der Waals surface area contributed by atoms with Crippen LogP contribution in [-0.2, 0) is 14.3 Å². The Morgan fingerprint density at radius 2 is 0.691 bits per heavy atom. The van der Waals surface area contributed by atoms with Gasteiger partial charge in [-0.05, 0) is 57.8 Å². The van der Waals surface area contributed by atoms with Gasteiger partial charge in [-0.2, -0.15) is 0 Å². The second kappa shape index (κ2) is 57.9. The molecular formula is C62H119NO5. The molecule has 68 heavy (non-hydrogen) atoms. The molecule has 6 heteroatoms. The summed E-state index contributed by atoms with van der Waals surface area (Å²) in [4.78, 5) is 24.5. The van der Waals surface area contributed by atoms with E-state index in [1.54, 1.807) is 6.08 Å². The topological polar surface area (TPSA) is 95.9 Å². The van der Waals surface area contributed by atoms with E-state index in [0.29, 0.717) is 19.4 Å². The molecule has 0 aliphatic carbocycles. The zero-order valence-electron chi connectivity index (χ0n) is 45.9. The molecule has 0 aromatic carbocycles. The Morgan fingerprint density at radius 1 is 0.397 bits per heavy atom. The van der Waals surface area contributed by atoms with Gasteiger partial charge in [0.05, 0.1) is 25.4 Å². The summed E-state index contributed by atoms with van der Waals surface area (Å²) in [6, 6.07) is -0.633. The third-order valence-corrected chi connectivity index (χ3v) is 14.2. The lowest BCUT2D eigenvalue weighted by atomic mass is 10.0. The number of unbranched alkanes of at least 4 members (excludes halogenated alkanes) is 44. The summed E-state index contributed by atoms with van der Waals surface area (Å²) >= 11 is 0. The lowest BCUT2D eigenvalue weighted by molar-refractivity contribution is -0.143. The van der Waals surface area contributed by atoms with Crippen molar-refractivity contribution in [3.63, 3.8) is 0 Å². The largest absolute Gasteiger partial charge is 0.466 e. The van der Waals surface area contributed by atoms with E-state index in [-0.39, 0.29) is 18.5 Å². The minimum Gasteiger partial charge on any atom is -0.466 e. The first-order chi connectivity index (χ1) is 33.5. The highest BCUT2D eigenvalue weighted by Gasteiger charge is 2.18. The normalized spacial score (nSPS) is 12.7. The van der Waals surface area contributed by atoms with Crippen LogP contribution in [0.1, 0.15) is 335 Å². The van der Waals surface area contributed by atoms with Crippen molar-refractivity contribution in [2.24, 2.45) is 0 Å².